The molecular formula is C22H24BrN3O5S2. The second-order valence-electron chi connectivity index (χ2n) is 7.82. The van der Waals surface area contributed by atoms with Gasteiger partial charge in [-0.05, 0) is 58.7 Å². The van der Waals surface area contributed by atoms with Crippen LogP contribution in [0.2, 0.25) is 0 Å². The Hall–Kier alpha value is -2.05. The monoisotopic (exact) mass is 553 g/mol. The van der Waals surface area contributed by atoms with Gasteiger partial charge in [0.2, 0.25) is 0 Å². The maximum absolute atomic E-state index is 13.2. The molecule has 8 nitrogen and oxygen atoms in total. The van der Waals surface area contributed by atoms with Crippen molar-refractivity contribution in [1.29, 1.82) is 0 Å². The van der Waals surface area contributed by atoms with Gasteiger partial charge in [-0.2, -0.15) is 0 Å². The van der Waals surface area contributed by atoms with Crippen LogP contribution in [-0.4, -0.2) is 55.5 Å². The second kappa shape index (κ2) is 10.5. The van der Waals surface area contributed by atoms with Gasteiger partial charge in [0, 0.05) is 37.4 Å². The minimum absolute atomic E-state index is 0.0706. The maximum atomic E-state index is 13.2. The molecule has 2 N–H and O–H groups in total. The Balaban J connectivity index is 1.45. The molecular weight excluding hydrogens is 530 g/mol. The number of nitrogens with zero attached hydrogens (tertiary/aromatic N) is 1. The quantitative estimate of drug-likeness (QED) is 0.534. The van der Waals surface area contributed by atoms with Gasteiger partial charge < -0.3 is 29.7 Å². The standard InChI is InChI=1S/C22H24BrN3O5S2/c1-14-12-15(2-3-16(14)26-8-11-29-9-6-18(26)32)24-20(27)22(7-10-30-13-22)25-21(28)31-19-5-4-17(23)33-19/h2-5,12H,6-11,13H2,1H3,(H,24,27)(H,25,28). The predicted molar refractivity (Wildman–Crippen MR) is 135 cm³/mol. The summed E-state index contributed by atoms with van der Waals surface area (Å²) < 4.78 is 17.1. The first kappa shape index (κ1) is 24.1. The van der Waals surface area contributed by atoms with Gasteiger partial charge in [-0.3, -0.25) is 4.79 Å². The molecule has 2 amide bonds. The summed E-state index contributed by atoms with van der Waals surface area (Å²) >= 11 is 10.2. The largest absolute Gasteiger partial charge is 0.414 e. The maximum Gasteiger partial charge on any atom is 0.414 e. The highest BCUT2D eigenvalue weighted by molar-refractivity contribution is 9.11. The van der Waals surface area contributed by atoms with Crippen LogP contribution in [0, 0.1) is 6.92 Å². The molecule has 0 spiro atoms. The first-order chi connectivity index (χ1) is 15.9. The third-order valence-corrected chi connectivity index (χ3v) is 7.43. The molecule has 0 saturated carbocycles. The van der Waals surface area contributed by atoms with Crippen LogP contribution in [0.25, 0.3) is 0 Å². The lowest BCUT2D eigenvalue weighted by Gasteiger charge is -2.28. The second-order valence-corrected chi connectivity index (χ2v) is 10.7. The summed E-state index contributed by atoms with van der Waals surface area (Å²) in [6.45, 7) is 4.35. The fraction of sp³-hybridized carbons (Fsp3) is 0.409. The molecule has 2 aliphatic heterocycles. The third kappa shape index (κ3) is 5.72. The number of carbonyl (C=O) groups is 2. The highest BCUT2D eigenvalue weighted by Gasteiger charge is 2.44. The minimum atomic E-state index is -1.21. The van der Waals surface area contributed by atoms with Gasteiger partial charge in [-0.1, -0.05) is 23.6 Å². The Morgan fingerprint density at radius 2 is 2.06 bits per heavy atom. The van der Waals surface area contributed by atoms with Crippen LogP contribution in [0.1, 0.15) is 18.4 Å². The summed E-state index contributed by atoms with van der Waals surface area (Å²) in [6.07, 6.45) is 0.356. The molecule has 0 aliphatic carbocycles. The molecule has 1 atom stereocenters. The molecule has 0 bridgehead atoms. The topological polar surface area (TPSA) is 89.1 Å². The highest BCUT2D eigenvalue weighted by atomic mass is 79.9. The molecule has 4 rings (SSSR count). The number of nitrogens with one attached hydrogen (secondary N) is 2. The molecule has 1 unspecified atom stereocenters. The Kier molecular flexibility index (Phi) is 7.65. The van der Waals surface area contributed by atoms with Crippen LogP contribution in [0.4, 0.5) is 16.2 Å². The van der Waals surface area contributed by atoms with E-state index in [9.17, 15) is 9.59 Å². The van der Waals surface area contributed by atoms with Gasteiger partial charge >= 0.3 is 6.09 Å². The van der Waals surface area contributed by atoms with E-state index >= 15 is 0 Å². The third-order valence-electron chi connectivity index (χ3n) is 5.51. The SMILES string of the molecule is Cc1cc(NC(=O)C2(NC(=O)Oc3ccc(Br)s3)CCOC2)ccc1N1CCOCCC1=S. The number of hydrogen-bond acceptors (Lipinski definition) is 7. The average molecular weight is 554 g/mol. The lowest BCUT2D eigenvalue weighted by atomic mass is 9.97. The molecule has 2 saturated heterocycles. The molecule has 2 fully saturated rings. The van der Waals surface area contributed by atoms with Gasteiger partial charge in [-0.15, -0.1) is 0 Å². The predicted octanol–water partition coefficient (Wildman–Crippen LogP) is 4.26. The molecule has 1 aromatic carbocycles. The van der Waals surface area contributed by atoms with Crippen molar-refractivity contribution < 1.29 is 23.8 Å². The average Bonchev–Trinajstić information content (AvgIpc) is 3.35. The lowest BCUT2D eigenvalue weighted by molar-refractivity contribution is -0.122. The van der Waals surface area contributed by atoms with E-state index in [1.165, 1.54) is 11.3 Å². The van der Waals surface area contributed by atoms with E-state index < -0.39 is 11.6 Å². The van der Waals surface area contributed by atoms with E-state index in [0.717, 1.165) is 20.0 Å². The molecule has 11 heteroatoms. The van der Waals surface area contributed by atoms with Crippen LogP contribution < -0.4 is 20.3 Å². The van der Waals surface area contributed by atoms with E-state index in [1.54, 1.807) is 12.1 Å². The Labute approximate surface area is 209 Å². The molecule has 2 aliphatic rings. The number of carbonyl (C=O) groups excluding carboxylic acids is 2. The van der Waals surface area contributed by atoms with E-state index in [2.05, 4.69) is 31.5 Å². The zero-order valence-electron chi connectivity index (χ0n) is 18.0. The number of ether oxygens (including phenoxy) is 3. The van der Waals surface area contributed by atoms with Crippen molar-refractivity contribution in [1.82, 2.24) is 5.32 Å². The van der Waals surface area contributed by atoms with E-state index in [4.69, 9.17) is 26.4 Å². The van der Waals surface area contributed by atoms with Gasteiger partial charge in [0.05, 0.1) is 28.6 Å². The number of halogens is 1. The molecule has 0 radical (unpaired) electrons. The normalized spacial score (nSPS) is 20.9. The number of amides is 2. The van der Waals surface area contributed by atoms with Crippen molar-refractivity contribution >= 4 is 67.8 Å². The fourth-order valence-electron chi connectivity index (χ4n) is 3.78. The molecule has 2 aromatic rings. The lowest BCUT2D eigenvalue weighted by Crippen LogP contribution is -2.58. The summed E-state index contributed by atoms with van der Waals surface area (Å²) in [5.74, 6) is -0.352. The summed E-state index contributed by atoms with van der Waals surface area (Å²) in [5, 5.41) is 6.06. The summed E-state index contributed by atoms with van der Waals surface area (Å²) in [7, 11) is 0. The van der Waals surface area contributed by atoms with E-state index in [0.29, 0.717) is 50.0 Å². The zero-order valence-corrected chi connectivity index (χ0v) is 21.2. The van der Waals surface area contributed by atoms with Crippen LogP contribution in [0.15, 0.2) is 34.1 Å². The molecule has 3 heterocycles. The number of thiophene rings is 1. The van der Waals surface area contributed by atoms with Crippen molar-refractivity contribution in [3.8, 4) is 5.06 Å². The Morgan fingerprint density at radius 1 is 1.21 bits per heavy atom. The summed E-state index contributed by atoms with van der Waals surface area (Å²) in [5.41, 5.74) is 1.39. The number of rotatable bonds is 5. The van der Waals surface area contributed by atoms with E-state index in [-0.39, 0.29) is 12.5 Å². The smallest absolute Gasteiger partial charge is 0.399 e. The number of aryl methyl sites for hydroxylation is 1. The first-order valence-corrected chi connectivity index (χ1v) is 12.5. The first-order valence-electron chi connectivity index (χ1n) is 10.5. The molecule has 176 valence electrons. The number of thiocarbonyl (C=S) groups is 1. The fourth-order valence-corrected chi connectivity index (χ4v) is 5.25. The van der Waals surface area contributed by atoms with Crippen LogP contribution >= 0.6 is 39.5 Å². The summed E-state index contributed by atoms with van der Waals surface area (Å²) in [6, 6.07) is 9.13. The Morgan fingerprint density at radius 3 is 2.76 bits per heavy atom. The number of hydrogen-bond donors (Lipinski definition) is 2. The van der Waals surface area contributed by atoms with Crippen molar-refractivity contribution in [3.63, 3.8) is 0 Å². The van der Waals surface area contributed by atoms with Crippen molar-refractivity contribution in [2.24, 2.45) is 0 Å². The number of benzene rings is 1. The van der Waals surface area contributed by atoms with Crippen molar-refractivity contribution in [2.75, 3.05) is 43.2 Å². The molecule has 1 aromatic heterocycles. The zero-order chi connectivity index (χ0) is 23.4. The van der Waals surface area contributed by atoms with E-state index in [1.807, 2.05) is 25.1 Å². The molecule has 33 heavy (non-hydrogen) atoms. The van der Waals surface area contributed by atoms with Crippen LogP contribution in [0.3, 0.4) is 0 Å². The minimum Gasteiger partial charge on any atom is -0.399 e. The van der Waals surface area contributed by atoms with Crippen LogP contribution in [0.5, 0.6) is 5.06 Å². The van der Waals surface area contributed by atoms with Crippen LogP contribution in [-0.2, 0) is 14.3 Å². The van der Waals surface area contributed by atoms with Gasteiger partial charge in [0.15, 0.2) is 5.06 Å². The van der Waals surface area contributed by atoms with Crippen molar-refractivity contribution in [2.45, 2.75) is 25.3 Å². The summed E-state index contributed by atoms with van der Waals surface area (Å²) in [4.78, 5) is 28.6. The van der Waals surface area contributed by atoms with Crippen molar-refractivity contribution in [3.05, 3.63) is 39.7 Å². The number of anilines is 2. The van der Waals surface area contributed by atoms with Gasteiger partial charge in [0.25, 0.3) is 5.91 Å². The highest BCUT2D eigenvalue weighted by Crippen LogP contribution is 2.30. The van der Waals surface area contributed by atoms with Gasteiger partial charge in [-0.25, -0.2) is 4.79 Å². The Bertz CT molecular complexity index is 1050. The van der Waals surface area contributed by atoms with Gasteiger partial charge in [0.1, 0.15) is 5.54 Å².